The molecule has 2 fully saturated rings. The Bertz CT molecular complexity index is 472. The summed E-state index contributed by atoms with van der Waals surface area (Å²) in [6.45, 7) is 9.91. The maximum atomic E-state index is 2.54. The first-order chi connectivity index (χ1) is 9.37. The van der Waals surface area contributed by atoms with Gasteiger partial charge in [-0.15, -0.1) is 0 Å². The smallest absolute Gasteiger partial charge is 0.00341 e. The topological polar surface area (TPSA) is 0 Å². The fourth-order valence-electron chi connectivity index (χ4n) is 5.71. The third-order valence-electron chi connectivity index (χ3n) is 6.12. The molecular weight excluding hydrogens is 240 g/mol. The SMILES string of the molecule is CCC1(C)CC2CC(C)(C)CC(c3ccccc3)(C2)C1. The summed E-state index contributed by atoms with van der Waals surface area (Å²) < 4.78 is 0. The van der Waals surface area contributed by atoms with Crippen molar-refractivity contribution in [2.24, 2.45) is 16.7 Å². The molecule has 2 aliphatic carbocycles. The highest BCUT2D eigenvalue weighted by Gasteiger charge is 2.52. The molecule has 2 saturated carbocycles. The molecule has 0 heteroatoms. The van der Waals surface area contributed by atoms with Crippen LogP contribution in [0.4, 0.5) is 0 Å². The number of fused-ring (bicyclic) bond motifs is 2. The van der Waals surface area contributed by atoms with E-state index in [-0.39, 0.29) is 0 Å². The molecular formula is C20H30. The summed E-state index contributed by atoms with van der Waals surface area (Å²) in [6, 6.07) is 11.4. The van der Waals surface area contributed by atoms with Crippen molar-refractivity contribution in [3.05, 3.63) is 35.9 Å². The Balaban J connectivity index is 2.04. The second-order valence-corrected chi connectivity index (χ2v) is 8.81. The largest absolute Gasteiger partial charge is 0.0649 e. The molecule has 3 unspecified atom stereocenters. The molecule has 0 spiro atoms. The Morgan fingerprint density at radius 3 is 2.30 bits per heavy atom. The van der Waals surface area contributed by atoms with E-state index in [1.54, 1.807) is 5.56 Å². The van der Waals surface area contributed by atoms with Crippen LogP contribution in [0.5, 0.6) is 0 Å². The van der Waals surface area contributed by atoms with Gasteiger partial charge in [-0.2, -0.15) is 0 Å². The minimum Gasteiger partial charge on any atom is -0.0649 e. The number of benzene rings is 1. The van der Waals surface area contributed by atoms with E-state index in [4.69, 9.17) is 0 Å². The lowest BCUT2D eigenvalue weighted by atomic mass is 9.47. The van der Waals surface area contributed by atoms with Gasteiger partial charge in [-0.25, -0.2) is 0 Å². The predicted molar refractivity (Wildman–Crippen MR) is 86.9 cm³/mol. The molecule has 2 bridgehead atoms. The average Bonchev–Trinajstić information content (AvgIpc) is 2.37. The van der Waals surface area contributed by atoms with Gasteiger partial charge in [0, 0.05) is 0 Å². The van der Waals surface area contributed by atoms with Crippen molar-refractivity contribution >= 4 is 0 Å². The zero-order valence-electron chi connectivity index (χ0n) is 13.7. The van der Waals surface area contributed by atoms with Gasteiger partial charge in [0.25, 0.3) is 0 Å². The summed E-state index contributed by atoms with van der Waals surface area (Å²) in [5.74, 6) is 0.928. The lowest BCUT2D eigenvalue weighted by Gasteiger charge is -2.57. The van der Waals surface area contributed by atoms with Crippen LogP contribution >= 0.6 is 0 Å². The van der Waals surface area contributed by atoms with Crippen LogP contribution in [0.15, 0.2) is 30.3 Å². The maximum Gasteiger partial charge on any atom is -0.00341 e. The van der Waals surface area contributed by atoms with Gasteiger partial charge in [-0.1, -0.05) is 64.4 Å². The lowest BCUT2D eigenvalue weighted by Crippen LogP contribution is -2.49. The summed E-state index contributed by atoms with van der Waals surface area (Å²) in [6.07, 6.45) is 8.39. The molecule has 0 N–H and O–H groups in total. The molecule has 20 heavy (non-hydrogen) atoms. The van der Waals surface area contributed by atoms with E-state index < -0.39 is 0 Å². The monoisotopic (exact) mass is 270 g/mol. The van der Waals surface area contributed by atoms with Gasteiger partial charge in [-0.3, -0.25) is 0 Å². The highest BCUT2D eigenvalue weighted by atomic mass is 14.6. The van der Waals surface area contributed by atoms with Gasteiger partial charge in [0.2, 0.25) is 0 Å². The summed E-state index contributed by atoms with van der Waals surface area (Å²) in [5.41, 5.74) is 3.11. The normalized spacial score (nSPS) is 39.5. The first-order valence-corrected chi connectivity index (χ1v) is 8.42. The van der Waals surface area contributed by atoms with Crippen LogP contribution in [-0.2, 0) is 5.41 Å². The van der Waals surface area contributed by atoms with Gasteiger partial charge in [0.15, 0.2) is 0 Å². The van der Waals surface area contributed by atoms with Gasteiger partial charge in [0.05, 0.1) is 0 Å². The number of hydrogen-bond acceptors (Lipinski definition) is 0. The van der Waals surface area contributed by atoms with E-state index in [1.165, 1.54) is 38.5 Å². The van der Waals surface area contributed by atoms with Crippen molar-refractivity contribution in [3.63, 3.8) is 0 Å². The van der Waals surface area contributed by atoms with E-state index in [0.717, 1.165) is 5.92 Å². The molecule has 110 valence electrons. The van der Waals surface area contributed by atoms with Gasteiger partial charge in [-0.05, 0) is 59.8 Å². The van der Waals surface area contributed by atoms with Crippen LogP contribution in [-0.4, -0.2) is 0 Å². The summed E-state index contributed by atoms with van der Waals surface area (Å²) in [7, 11) is 0. The van der Waals surface area contributed by atoms with E-state index in [0.29, 0.717) is 16.2 Å². The van der Waals surface area contributed by atoms with Gasteiger partial charge < -0.3 is 0 Å². The molecule has 1 aromatic carbocycles. The van der Waals surface area contributed by atoms with E-state index >= 15 is 0 Å². The summed E-state index contributed by atoms with van der Waals surface area (Å²) in [5, 5.41) is 0. The molecule has 0 aromatic heterocycles. The van der Waals surface area contributed by atoms with Crippen molar-refractivity contribution in [1.29, 1.82) is 0 Å². The van der Waals surface area contributed by atoms with Crippen LogP contribution in [0.25, 0.3) is 0 Å². The minimum absolute atomic E-state index is 0.441. The third kappa shape index (κ3) is 2.43. The Labute approximate surface area is 125 Å². The van der Waals surface area contributed by atoms with Crippen LogP contribution in [0.2, 0.25) is 0 Å². The molecule has 3 rings (SSSR count). The zero-order chi connectivity index (χ0) is 14.4. The maximum absolute atomic E-state index is 2.54. The molecule has 0 heterocycles. The number of rotatable bonds is 2. The van der Waals surface area contributed by atoms with Crippen LogP contribution in [0, 0.1) is 16.7 Å². The van der Waals surface area contributed by atoms with E-state index in [2.05, 4.69) is 58.0 Å². The Hall–Kier alpha value is -0.780. The first-order valence-electron chi connectivity index (χ1n) is 8.42. The first kappa shape index (κ1) is 14.2. The molecule has 3 atom stereocenters. The highest BCUT2D eigenvalue weighted by Crippen LogP contribution is 2.61. The molecule has 0 amide bonds. The van der Waals surface area contributed by atoms with Crippen LogP contribution in [0.3, 0.4) is 0 Å². The van der Waals surface area contributed by atoms with E-state index in [9.17, 15) is 0 Å². The fraction of sp³-hybridized carbons (Fsp3) is 0.700. The standard InChI is InChI=1S/C20H30/c1-5-19(4)12-16-11-18(2,3)14-20(13-16,15-19)17-9-7-6-8-10-17/h6-10,16H,5,11-15H2,1-4H3. The molecule has 2 aliphatic rings. The number of hydrogen-bond donors (Lipinski definition) is 0. The van der Waals surface area contributed by atoms with Crippen LogP contribution in [0.1, 0.15) is 71.8 Å². The van der Waals surface area contributed by atoms with Gasteiger partial charge >= 0.3 is 0 Å². The zero-order valence-corrected chi connectivity index (χ0v) is 13.7. The predicted octanol–water partition coefficient (Wildman–Crippen LogP) is 5.96. The Morgan fingerprint density at radius 1 is 0.950 bits per heavy atom. The quantitative estimate of drug-likeness (QED) is 0.622. The minimum atomic E-state index is 0.441. The molecule has 0 saturated heterocycles. The second kappa shape index (κ2) is 4.61. The van der Waals surface area contributed by atoms with Crippen molar-refractivity contribution < 1.29 is 0 Å². The van der Waals surface area contributed by atoms with Gasteiger partial charge in [0.1, 0.15) is 0 Å². The van der Waals surface area contributed by atoms with Crippen molar-refractivity contribution in [1.82, 2.24) is 0 Å². The Kier molecular flexibility index (Phi) is 3.27. The van der Waals surface area contributed by atoms with E-state index in [1.807, 2.05) is 0 Å². The lowest BCUT2D eigenvalue weighted by molar-refractivity contribution is -0.0143. The molecule has 0 radical (unpaired) electrons. The fourth-order valence-corrected chi connectivity index (χ4v) is 5.71. The summed E-state index contributed by atoms with van der Waals surface area (Å²) >= 11 is 0. The third-order valence-corrected chi connectivity index (χ3v) is 6.12. The Morgan fingerprint density at radius 2 is 1.65 bits per heavy atom. The average molecular weight is 270 g/mol. The highest BCUT2D eigenvalue weighted by molar-refractivity contribution is 5.29. The molecule has 0 aliphatic heterocycles. The molecule has 0 nitrogen and oxygen atoms in total. The van der Waals surface area contributed by atoms with Crippen molar-refractivity contribution in [3.8, 4) is 0 Å². The summed E-state index contributed by atoms with van der Waals surface area (Å²) in [4.78, 5) is 0. The molecule has 1 aromatic rings. The second-order valence-electron chi connectivity index (χ2n) is 8.81. The van der Waals surface area contributed by atoms with Crippen molar-refractivity contribution in [2.75, 3.05) is 0 Å². The van der Waals surface area contributed by atoms with Crippen LogP contribution < -0.4 is 0 Å². The van der Waals surface area contributed by atoms with Crippen molar-refractivity contribution in [2.45, 2.75) is 71.6 Å².